The highest BCUT2D eigenvalue weighted by Crippen LogP contribution is 2.16. The van der Waals surface area contributed by atoms with E-state index in [4.69, 9.17) is 4.74 Å². The molecule has 0 radical (unpaired) electrons. The van der Waals surface area contributed by atoms with Crippen LogP contribution in [0.1, 0.15) is 11.5 Å². The summed E-state index contributed by atoms with van der Waals surface area (Å²) in [5.41, 5.74) is 1.13. The van der Waals surface area contributed by atoms with E-state index in [-0.39, 0.29) is 18.5 Å². The van der Waals surface area contributed by atoms with Crippen LogP contribution in [-0.2, 0) is 14.3 Å². The molecule has 0 spiro atoms. The summed E-state index contributed by atoms with van der Waals surface area (Å²) in [6.45, 7) is 4.17. The maximum Gasteiger partial charge on any atom is 0.331 e. The predicted octanol–water partition coefficient (Wildman–Crippen LogP) is 2.15. The van der Waals surface area contributed by atoms with Gasteiger partial charge in [0.05, 0.1) is 13.7 Å². The molecular formula is C13H16O3. The van der Waals surface area contributed by atoms with E-state index >= 15 is 0 Å². The Balaban J connectivity index is 2.44. The van der Waals surface area contributed by atoms with Gasteiger partial charge < -0.3 is 9.47 Å². The Morgan fingerprint density at radius 1 is 1.44 bits per heavy atom. The molecule has 16 heavy (non-hydrogen) atoms. The van der Waals surface area contributed by atoms with Crippen molar-refractivity contribution >= 4 is 5.97 Å². The third-order valence-electron chi connectivity index (χ3n) is 2.26. The van der Waals surface area contributed by atoms with Crippen LogP contribution in [0.3, 0.4) is 0 Å². The van der Waals surface area contributed by atoms with Gasteiger partial charge in [-0.1, -0.05) is 36.4 Å². The quantitative estimate of drug-likeness (QED) is 0.544. The smallest absolute Gasteiger partial charge is 0.331 e. The van der Waals surface area contributed by atoms with E-state index in [0.717, 1.165) is 5.56 Å². The van der Waals surface area contributed by atoms with Crippen molar-refractivity contribution in [3.63, 3.8) is 0 Å². The third-order valence-corrected chi connectivity index (χ3v) is 2.26. The molecule has 0 saturated heterocycles. The predicted molar refractivity (Wildman–Crippen MR) is 62.2 cm³/mol. The Morgan fingerprint density at radius 2 is 2.12 bits per heavy atom. The van der Waals surface area contributed by atoms with E-state index < -0.39 is 0 Å². The van der Waals surface area contributed by atoms with Crippen molar-refractivity contribution in [3.05, 3.63) is 48.6 Å². The zero-order valence-corrected chi connectivity index (χ0v) is 9.39. The highest BCUT2D eigenvalue weighted by atomic mass is 16.6. The van der Waals surface area contributed by atoms with Gasteiger partial charge in [-0.05, 0) is 5.56 Å². The van der Waals surface area contributed by atoms with E-state index in [1.165, 1.54) is 7.11 Å². The zero-order chi connectivity index (χ0) is 11.8. The van der Waals surface area contributed by atoms with Crippen LogP contribution in [0, 0.1) is 0 Å². The summed E-state index contributed by atoms with van der Waals surface area (Å²) in [5, 5.41) is 0. The molecule has 0 aliphatic rings. The van der Waals surface area contributed by atoms with E-state index in [2.05, 4.69) is 11.3 Å². The van der Waals surface area contributed by atoms with Gasteiger partial charge in [-0.2, -0.15) is 0 Å². The fourth-order valence-electron chi connectivity index (χ4n) is 1.33. The van der Waals surface area contributed by atoms with Gasteiger partial charge in [0, 0.05) is 5.92 Å². The van der Waals surface area contributed by atoms with Crippen molar-refractivity contribution in [2.75, 3.05) is 20.3 Å². The molecular weight excluding hydrogens is 204 g/mol. The van der Waals surface area contributed by atoms with Gasteiger partial charge in [0.2, 0.25) is 0 Å². The molecule has 1 unspecified atom stereocenters. The van der Waals surface area contributed by atoms with Crippen LogP contribution in [0.15, 0.2) is 43.0 Å². The molecule has 1 atom stereocenters. The van der Waals surface area contributed by atoms with Crippen molar-refractivity contribution in [1.82, 2.24) is 0 Å². The number of rotatable bonds is 6. The minimum atomic E-state index is -0.365. The summed E-state index contributed by atoms with van der Waals surface area (Å²) in [5.74, 6) is -0.262. The molecule has 0 fully saturated rings. The lowest BCUT2D eigenvalue weighted by Gasteiger charge is -2.12. The third kappa shape index (κ3) is 3.87. The molecule has 1 aromatic carbocycles. The fraction of sp³-hybridized carbons (Fsp3) is 0.308. The molecule has 0 N–H and O–H groups in total. The minimum absolute atomic E-state index is 0.0202. The number of esters is 1. The molecule has 1 rings (SSSR count). The first kappa shape index (κ1) is 12.5. The molecule has 0 aliphatic carbocycles. The lowest BCUT2D eigenvalue weighted by atomic mass is 10.0. The largest absolute Gasteiger partial charge is 0.467 e. The summed E-state index contributed by atoms with van der Waals surface area (Å²) < 4.78 is 9.73. The zero-order valence-electron chi connectivity index (χ0n) is 9.39. The topological polar surface area (TPSA) is 35.5 Å². The highest BCUT2D eigenvalue weighted by molar-refractivity contribution is 5.70. The monoisotopic (exact) mass is 220 g/mol. The van der Waals surface area contributed by atoms with Crippen molar-refractivity contribution in [3.8, 4) is 0 Å². The van der Waals surface area contributed by atoms with Crippen molar-refractivity contribution in [2.24, 2.45) is 0 Å². The first-order chi connectivity index (χ1) is 7.77. The molecule has 0 aromatic heterocycles. The molecule has 3 nitrogen and oxygen atoms in total. The van der Waals surface area contributed by atoms with E-state index in [1.807, 2.05) is 36.4 Å². The van der Waals surface area contributed by atoms with Crippen LogP contribution in [-0.4, -0.2) is 26.3 Å². The molecule has 1 aromatic rings. The summed E-state index contributed by atoms with van der Waals surface area (Å²) in [6.07, 6.45) is 1.81. The summed E-state index contributed by atoms with van der Waals surface area (Å²) >= 11 is 0. The van der Waals surface area contributed by atoms with Crippen LogP contribution < -0.4 is 0 Å². The lowest BCUT2D eigenvalue weighted by molar-refractivity contribution is -0.145. The SMILES string of the molecule is C=CC(COCC(=O)OC)c1ccccc1. The van der Waals surface area contributed by atoms with E-state index in [1.54, 1.807) is 0 Å². The first-order valence-electron chi connectivity index (χ1n) is 5.10. The second kappa shape index (κ2) is 6.80. The van der Waals surface area contributed by atoms with Crippen LogP contribution in [0.4, 0.5) is 0 Å². The lowest BCUT2D eigenvalue weighted by Crippen LogP contribution is -2.14. The van der Waals surface area contributed by atoms with Crippen molar-refractivity contribution < 1.29 is 14.3 Å². The van der Waals surface area contributed by atoms with Gasteiger partial charge in [0.25, 0.3) is 0 Å². The van der Waals surface area contributed by atoms with Gasteiger partial charge in [-0.15, -0.1) is 6.58 Å². The number of hydrogen-bond donors (Lipinski definition) is 0. The van der Waals surface area contributed by atoms with Gasteiger partial charge >= 0.3 is 5.97 Å². The summed E-state index contributed by atoms with van der Waals surface area (Å²) in [4.78, 5) is 10.8. The van der Waals surface area contributed by atoms with Crippen LogP contribution in [0.2, 0.25) is 0 Å². The minimum Gasteiger partial charge on any atom is -0.467 e. The first-order valence-corrected chi connectivity index (χ1v) is 5.10. The highest BCUT2D eigenvalue weighted by Gasteiger charge is 2.08. The van der Waals surface area contributed by atoms with Gasteiger partial charge in [0.15, 0.2) is 0 Å². The van der Waals surface area contributed by atoms with Crippen LogP contribution >= 0.6 is 0 Å². The summed E-state index contributed by atoms with van der Waals surface area (Å²) in [6, 6.07) is 9.90. The van der Waals surface area contributed by atoms with E-state index in [0.29, 0.717) is 6.61 Å². The number of carbonyl (C=O) groups excluding carboxylic acids is 1. The molecule has 0 amide bonds. The molecule has 0 saturated carbocycles. The number of carbonyl (C=O) groups is 1. The van der Waals surface area contributed by atoms with Crippen molar-refractivity contribution in [1.29, 1.82) is 0 Å². The molecule has 0 heterocycles. The Labute approximate surface area is 95.7 Å². The maximum absolute atomic E-state index is 10.8. The fourth-order valence-corrected chi connectivity index (χ4v) is 1.33. The summed E-state index contributed by atoms with van der Waals surface area (Å²) in [7, 11) is 1.34. The second-order valence-corrected chi connectivity index (χ2v) is 3.34. The number of hydrogen-bond acceptors (Lipinski definition) is 3. The van der Waals surface area contributed by atoms with Crippen LogP contribution in [0.25, 0.3) is 0 Å². The van der Waals surface area contributed by atoms with Crippen LogP contribution in [0.5, 0.6) is 0 Å². The Hall–Kier alpha value is -1.61. The molecule has 0 aliphatic heterocycles. The Bertz CT molecular complexity index is 332. The van der Waals surface area contributed by atoms with Gasteiger partial charge in [0.1, 0.15) is 6.61 Å². The van der Waals surface area contributed by atoms with Crippen molar-refractivity contribution in [2.45, 2.75) is 5.92 Å². The second-order valence-electron chi connectivity index (χ2n) is 3.34. The number of ether oxygens (including phenoxy) is 2. The number of methoxy groups -OCH3 is 1. The van der Waals surface area contributed by atoms with Gasteiger partial charge in [-0.25, -0.2) is 4.79 Å². The van der Waals surface area contributed by atoms with E-state index in [9.17, 15) is 4.79 Å². The average molecular weight is 220 g/mol. The molecule has 3 heteroatoms. The Kier molecular flexibility index (Phi) is 5.29. The normalized spacial score (nSPS) is 11.8. The average Bonchev–Trinajstić information content (AvgIpc) is 2.35. The standard InChI is InChI=1S/C13H16O3/c1-3-11(9-16-10-13(14)15-2)12-7-5-4-6-8-12/h3-8,11H,1,9-10H2,2H3. The Morgan fingerprint density at radius 3 is 2.69 bits per heavy atom. The maximum atomic E-state index is 10.8. The van der Waals surface area contributed by atoms with Gasteiger partial charge in [-0.3, -0.25) is 0 Å². The molecule has 86 valence electrons. The number of benzene rings is 1. The molecule has 0 bridgehead atoms.